The summed E-state index contributed by atoms with van der Waals surface area (Å²) in [6.45, 7) is 7.72. The lowest BCUT2D eigenvalue weighted by atomic mass is 9.78. The second-order valence-corrected chi connectivity index (χ2v) is 4.10. The molecule has 0 saturated carbocycles. The van der Waals surface area contributed by atoms with Gasteiger partial charge in [-0.15, -0.1) is 0 Å². The SMILES string of the molecule is CCC(C)C(C)(O)C1CCOC1. The first-order chi connectivity index (χ1) is 5.59. The van der Waals surface area contributed by atoms with E-state index < -0.39 is 5.60 Å². The molecule has 0 spiro atoms. The number of hydrogen-bond acceptors (Lipinski definition) is 2. The average Bonchev–Trinajstić information content (AvgIpc) is 2.55. The fraction of sp³-hybridized carbons (Fsp3) is 1.00. The molecule has 1 aliphatic rings. The van der Waals surface area contributed by atoms with E-state index in [0.717, 1.165) is 26.1 Å². The van der Waals surface area contributed by atoms with E-state index in [1.54, 1.807) is 0 Å². The minimum atomic E-state index is -0.536. The van der Waals surface area contributed by atoms with Gasteiger partial charge in [0.1, 0.15) is 0 Å². The molecule has 0 bridgehead atoms. The summed E-state index contributed by atoms with van der Waals surface area (Å²) in [6.07, 6.45) is 2.04. The molecule has 0 amide bonds. The summed E-state index contributed by atoms with van der Waals surface area (Å²) >= 11 is 0. The fourth-order valence-corrected chi connectivity index (χ4v) is 1.81. The first-order valence-corrected chi connectivity index (χ1v) is 4.89. The van der Waals surface area contributed by atoms with Crippen LogP contribution >= 0.6 is 0 Å². The van der Waals surface area contributed by atoms with E-state index in [-0.39, 0.29) is 0 Å². The molecule has 1 saturated heterocycles. The lowest BCUT2D eigenvalue weighted by molar-refractivity contribution is -0.0507. The number of rotatable bonds is 3. The van der Waals surface area contributed by atoms with Gasteiger partial charge in [0, 0.05) is 12.5 Å². The molecule has 0 radical (unpaired) electrons. The van der Waals surface area contributed by atoms with Crippen LogP contribution in [0, 0.1) is 11.8 Å². The summed E-state index contributed by atoms with van der Waals surface area (Å²) in [5.74, 6) is 0.705. The molecule has 0 aromatic carbocycles. The van der Waals surface area contributed by atoms with Crippen LogP contribution in [0.1, 0.15) is 33.6 Å². The smallest absolute Gasteiger partial charge is 0.0695 e. The molecule has 0 aliphatic carbocycles. The van der Waals surface area contributed by atoms with Gasteiger partial charge in [0.15, 0.2) is 0 Å². The Bertz CT molecular complexity index is 137. The van der Waals surface area contributed by atoms with Crippen molar-refractivity contribution in [2.24, 2.45) is 11.8 Å². The Balaban J connectivity index is 2.56. The average molecular weight is 172 g/mol. The molecule has 2 heteroatoms. The molecule has 1 rings (SSSR count). The van der Waals surface area contributed by atoms with Gasteiger partial charge in [-0.05, 0) is 19.3 Å². The van der Waals surface area contributed by atoms with Crippen molar-refractivity contribution in [2.75, 3.05) is 13.2 Å². The summed E-state index contributed by atoms with van der Waals surface area (Å²) in [6, 6.07) is 0. The normalized spacial score (nSPS) is 31.5. The molecular weight excluding hydrogens is 152 g/mol. The van der Waals surface area contributed by atoms with Crippen molar-refractivity contribution in [2.45, 2.75) is 39.2 Å². The fourth-order valence-electron chi connectivity index (χ4n) is 1.81. The largest absolute Gasteiger partial charge is 0.390 e. The molecule has 0 aromatic heterocycles. The van der Waals surface area contributed by atoms with Gasteiger partial charge in [0.05, 0.1) is 12.2 Å². The molecule has 3 atom stereocenters. The summed E-state index contributed by atoms with van der Waals surface area (Å²) in [7, 11) is 0. The van der Waals surface area contributed by atoms with Crippen molar-refractivity contribution in [3.05, 3.63) is 0 Å². The highest BCUT2D eigenvalue weighted by Gasteiger charge is 2.38. The highest BCUT2D eigenvalue weighted by molar-refractivity contribution is 4.88. The topological polar surface area (TPSA) is 29.5 Å². The van der Waals surface area contributed by atoms with Crippen molar-refractivity contribution in [3.63, 3.8) is 0 Å². The van der Waals surface area contributed by atoms with E-state index >= 15 is 0 Å². The molecule has 12 heavy (non-hydrogen) atoms. The van der Waals surface area contributed by atoms with E-state index in [0.29, 0.717) is 11.8 Å². The van der Waals surface area contributed by atoms with Crippen molar-refractivity contribution in [1.29, 1.82) is 0 Å². The first kappa shape index (κ1) is 10.0. The third kappa shape index (κ3) is 1.80. The van der Waals surface area contributed by atoms with Gasteiger partial charge in [-0.2, -0.15) is 0 Å². The Morgan fingerprint density at radius 2 is 2.33 bits per heavy atom. The van der Waals surface area contributed by atoms with Gasteiger partial charge in [-0.3, -0.25) is 0 Å². The van der Waals surface area contributed by atoms with Crippen LogP contribution in [0.15, 0.2) is 0 Å². The zero-order chi connectivity index (χ0) is 9.19. The second-order valence-electron chi connectivity index (χ2n) is 4.10. The molecule has 0 aromatic rings. The summed E-state index contributed by atoms with van der Waals surface area (Å²) in [5.41, 5.74) is -0.536. The Kier molecular flexibility index (Phi) is 3.13. The lowest BCUT2D eigenvalue weighted by Crippen LogP contribution is -2.41. The predicted molar refractivity (Wildman–Crippen MR) is 49.0 cm³/mol. The van der Waals surface area contributed by atoms with E-state index in [4.69, 9.17) is 4.74 Å². The van der Waals surface area contributed by atoms with Gasteiger partial charge >= 0.3 is 0 Å². The number of ether oxygens (including phenoxy) is 1. The van der Waals surface area contributed by atoms with Crippen molar-refractivity contribution in [1.82, 2.24) is 0 Å². The van der Waals surface area contributed by atoms with E-state index in [2.05, 4.69) is 13.8 Å². The molecule has 1 N–H and O–H groups in total. The Labute approximate surface area is 74.9 Å². The standard InChI is InChI=1S/C10H20O2/c1-4-8(2)10(3,11)9-5-6-12-7-9/h8-9,11H,4-7H2,1-3H3. The lowest BCUT2D eigenvalue weighted by Gasteiger charge is -2.34. The van der Waals surface area contributed by atoms with E-state index in [1.165, 1.54) is 0 Å². The molecule has 1 aliphatic heterocycles. The third-order valence-electron chi connectivity index (χ3n) is 3.37. The Morgan fingerprint density at radius 1 is 1.67 bits per heavy atom. The minimum Gasteiger partial charge on any atom is -0.390 e. The maximum absolute atomic E-state index is 10.2. The zero-order valence-corrected chi connectivity index (χ0v) is 8.34. The summed E-state index contributed by atoms with van der Waals surface area (Å²) < 4.78 is 5.28. The van der Waals surface area contributed by atoms with Gasteiger partial charge in [-0.25, -0.2) is 0 Å². The van der Waals surface area contributed by atoms with Crippen molar-refractivity contribution < 1.29 is 9.84 Å². The predicted octanol–water partition coefficient (Wildman–Crippen LogP) is 1.82. The monoisotopic (exact) mass is 172 g/mol. The van der Waals surface area contributed by atoms with Gasteiger partial charge in [0.25, 0.3) is 0 Å². The first-order valence-electron chi connectivity index (χ1n) is 4.89. The van der Waals surface area contributed by atoms with Gasteiger partial charge in [0.2, 0.25) is 0 Å². The molecule has 72 valence electrons. The zero-order valence-electron chi connectivity index (χ0n) is 8.34. The van der Waals surface area contributed by atoms with Crippen LogP contribution < -0.4 is 0 Å². The number of aliphatic hydroxyl groups is 1. The molecular formula is C10H20O2. The minimum absolute atomic E-state index is 0.340. The Hall–Kier alpha value is -0.0800. The van der Waals surface area contributed by atoms with E-state index in [9.17, 15) is 5.11 Å². The molecule has 1 heterocycles. The van der Waals surface area contributed by atoms with E-state index in [1.807, 2.05) is 6.92 Å². The van der Waals surface area contributed by atoms with Gasteiger partial charge < -0.3 is 9.84 Å². The molecule has 1 fully saturated rings. The quantitative estimate of drug-likeness (QED) is 0.703. The van der Waals surface area contributed by atoms with Crippen LogP contribution in [-0.4, -0.2) is 23.9 Å². The van der Waals surface area contributed by atoms with Crippen LogP contribution in [0.5, 0.6) is 0 Å². The Morgan fingerprint density at radius 3 is 2.75 bits per heavy atom. The summed E-state index contributed by atoms with van der Waals surface area (Å²) in [5, 5.41) is 10.2. The van der Waals surface area contributed by atoms with Crippen LogP contribution in [0.2, 0.25) is 0 Å². The molecule has 3 unspecified atom stereocenters. The van der Waals surface area contributed by atoms with Crippen molar-refractivity contribution >= 4 is 0 Å². The third-order valence-corrected chi connectivity index (χ3v) is 3.37. The second kappa shape index (κ2) is 3.75. The highest BCUT2D eigenvalue weighted by atomic mass is 16.5. The van der Waals surface area contributed by atoms with Crippen LogP contribution in [0.3, 0.4) is 0 Å². The molecule has 2 nitrogen and oxygen atoms in total. The number of hydrogen-bond donors (Lipinski definition) is 1. The van der Waals surface area contributed by atoms with Gasteiger partial charge in [-0.1, -0.05) is 20.3 Å². The van der Waals surface area contributed by atoms with Crippen LogP contribution in [-0.2, 0) is 4.74 Å². The van der Waals surface area contributed by atoms with Crippen LogP contribution in [0.4, 0.5) is 0 Å². The van der Waals surface area contributed by atoms with Crippen molar-refractivity contribution in [3.8, 4) is 0 Å². The maximum atomic E-state index is 10.2. The highest BCUT2D eigenvalue weighted by Crippen LogP contribution is 2.33. The van der Waals surface area contributed by atoms with Crippen LogP contribution in [0.25, 0.3) is 0 Å². The summed E-state index contributed by atoms with van der Waals surface area (Å²) in [4.78, 5) is 0. The maximum Gasteiger partial charge on any atom is 0.0695 e.